The molecule has 0 aromatic heterocycles. The van der Waals surface area contributed by atoms with Gasteiger partial charge in [-0.1, -0.05) is 32.9 Å². The molecule has 0 fully saturated rings. The van der Waals surface area contributed by atoms with Gasteiger partial charge in [0.25, 0.3) is 0 Å². The van der Waals surface area contributed by atoms with Gasteiger partial charge in [0.1, 0.15) is 0 Å². The third-order valence-electron chi connectivity index (χ3n) is 2.50. The minimum Gasteiger partial charge on any atom is -0.435 e. The van der Waals surface area contributed by atoms with Crippen molar-refractivity contribution in [2.24, 2.45) is 0 Å². The summed E-state index contributed by atoms with van der Waals surface area (Å²) in [5.41, 5.74) is 0.321. The molecule has 0 saturated carbocycles. The first-order valence-electron chi connectivity index (χ1n) is 7.40. The maximum absolute atomic E-state index is 12.4. The van der Waals surface area contributed by atoms with Crippen molar-refractivity contribution in [3.8, 4) is 0 Å². The second-order valence-corrected chi connectivity index (χ2v) is 6.57. The van der Waals surface area contributed by atoms with Crippen molar-refractivity contribution in [3.05, 3.63) is 24.3 Å². The second-order valence-electron chi connectivity index (χ2n) is 4.91. The van der Waals surface area contributed by atoms with Gasteiger partial charge in [-0.15, -0.1) is 0 Å². The smallest absolute Gasteiger partial charge is 0.435 e. The van der Waals surface area contributed by atoms with E-state index in [9.17, 15) is 14.2 Å². The van der Waals surface area contributed by atoms with E-state index in [2.05, 4.69) is 22.6 Å². The predicted molar refractivity (Wildman–Crippen MR) is 86.8 cm³/mol. The van der Waals surface area contributed by atoms with Crippen LogP contribution in [-0.2, 0) is 37.2 Å². The molecule has 0 aliphatic heterocycles. The van der Waals surface area contributed by atoms with Crippen LogP contribution in [0, 0.1) is 0 Å². The molecule has 0 unspecified atom stereocenters. The summed E-state index contributed by atoms with van der Waals surface area (Å²) < 4.78 is 36.6. The van der Waals surface area contributed by atoms with E-state index in [1.807, 2.05) is 6.92 Å². The van der Waals surface area contributed by atoms with Gasteiger partial charge in [-0.3, -0.25) is 4.52 Å². The van der Waals surface area contributed by atoms with E-state index in [4.69, 9.17) is 13.6 Å². The van der Waals surface area contributed by atoms with Gasteiger partial charge in [0, 0.05) is 11.1 Å². The fraction of sp³-hybridized carbons (Fsp3) is 0.600. The van der Waals surface area contributed by atoms with Crippen LogP contribution in [0.5, 0.6) is 0 Å². The van der Waals surface area contributed by atoms with Crippen molar-refractivity contribution in [2.45, 2.75) is 40.0 Å². The molecule has 0 radical (unpaired) electrons. The molecule has 0 aromatic carbocycles. The molecule has 9 heteroatoms. The molecule has 0 rings (SSSR count). The first kappa shape index (κ1) is 22.5. The zero-order valence-corrected chi connectivity index (χ0v) is 15.3. The van der Waals surface area contributed by atoms with Crippen molar-refractivity contribution < 1.29 is 37.2 Å². The third kappa shape index (κ3) is 10.3. The number of hydrogen-bond donors (Lipinski definition) is 0. The topological polar surface area (TPSA) is 97.4 Å². The molecule has 8 nitrogen and oxygen atoms in total. The quantitative estimate of drug-likeness (QED) is 0.161. The largest absolute Gasteiger partial charge is 0.480 e. The molecule has 0 spiro atoms. The fourth-order valence-corrected chi connectivity index (χ4v) is 2.12. The number of unbranched alkanes of at least 4 members (excludes halogenated alkanes) is 2. The number of ether oxygens (including phenoxy) is 2. The Bertz CT molecular complexity index is 464. The molecular formula is C15H25O8P. The molecule has 0 aliphatic rings. The molecule has 0 aliphatic carbocycles. The van der Waals surface area contributed by atoms with E-state index in [0.717, 1.165) is 12.8 Å². The maximum Gasteiger partial charge on any atom is 0.480 e. The van der Waals surface area contributed by atoms with Crippen molar-refractivity contribution in [2.75, 3.05) is 20.2 Å². The van der Waals surface area contributed by atoms with Crippen LogP contribution in [-0.4, -0.2) is 32.1 Å². The van der Waals surface area contributed by atoms with Crippen molar-refractivity contribution in [1.82, 2.24) is 0 Å². The van der Waals surface area contributed by atoms with Gasteiger partial charge in [-0.2, -0.15) is 0 Å². The van der Waals surface area contributed by atoms with Gasteiger partial charge in [0.05, 0.1) is 6.61 Å². The predicted octanol–water partition coefficient (Wildman–Crippen LogP) is 3.49. The number of esters is 2. The minimum absolute atomic E-state index is 0.119. The highest BCUT2D eigenvalue weighted by Gasteiger charge is 2.28. The van der Waals surface area contributed by atoms with Crippen LogP contribution >= 0.6 is 7.82 Å². The minimum atomic E-state index is -4.05. The number of hydrogen-bond acceptors (Lipinski definition) is 8. The van der Waals surface area contributed by atoms with Crippen LogP contribution in [0.2, 0.25) is 0 Å². The number of carbonyl (C=O) groups excluding carboxylic acids is 2. The Morgan fingerprint density at radius 3 is 1.71 bits per heavy atom. The highest BCUT2D eigenvalue weighted by atomic mass is 31.2. The van der Waals surface area contributed by atoms with Gasteiger partial charge < -0.3 is 9.47 Å². The van der Waals surface area contributed by atoms with Crippen LogP contribution in [0.4, 0.5) is 0 Å². The lowest BCUT2D eigenvalue weighted by Gasteiger charge is -2.17. The summed E-state index contributed by atoms with van der Waals surface area (Å²) in [6.45, 7) is 10.5. The van der Waals surface area contributed by atoms with Gasteiger partial charge >= 0.3 is 19.8 Å². The number of rotatable bonds is 13. The number of phosphoric acid groups is 1. The fourth-order valence-electron chi connectivity index (χ4n) is 1.18. The normalized spacial score (nSPS) is 11.0. The van der Waals surface area contributed by atoms with Crippen LogP contribution in [0.1, 0.15) is 40.0 Å². The Morgan fingerprint density at radius 2 is 1.33 bits per heavy atom. The van der Waals surface area contributed by atoms with Crippen LogP contribution in [0.3, 0.4) is 0 Å². The Hall–Kier alpha value is -1.47. The van der Waals surface area contributed by atoms with Gasteiger partial charge in [0.2, 0.25) is 13.6 Å². The van der Waals surface area contributed by atoms with Crippen molar-refractivity contribution in [3.63, 3.8) is 0 Å². The van der Waals surface area contributed by atoms with E-state index < -0.39 is 33.3 Å². The van der Waals surface area contributed by atoms with E-state index in [1.54, 1.807) is 0 Å². The lowest BCUT2D eigenvalue weighted by atomic mass is 10.3. The summed E-state index contributed by atoms with van der Waals surface area (Å²) in [7, 11) is -4.05. The molecule has 0 aromatic rings. The van der Waals surface area contributed by atoms with E-state index in [-0.39, 0.29) is 17.8 Å². The van der Waals surface area contributed by atoms with Gasteiger partial charge in [-0.25, -0.2) is 23.2 Å². The Morgan fingerprint density at radius 1 is 0.875 bits per heavy atom. The van der Waals surface area contributed by atoms with Gasteiger partial charge in [-0.05, 0) is 20.3 Å². The maximum atomic E-state index is 12.4. The molecule has 0 amide bonds. The van der Waals surface area contributed by atoms with Crippen LogP contribution < -0.4 is 0 Å². The molecule has 0 saturated heterocycles. The first-order valence-corrected chi connectivity index (χ1v) is 8.86. The standard InChI is InChI=1S/C15H25O8P/c1-6-7-8-9-21-24(18,22-10-19-14(16)12(2)3)23-11-20-15(17)13(4)5/h2,4,6-11H2,1,3,5H3. The summed E-state index contributed by atoms with van der Waals surface area (Å²) in [5, 5.41) is 0. The first-order chi connectivity index (χ1) is 11.2. The molecule has 138 valence electrons. The Kier molecular flexibility index (Phi) is 11.2. The second kappa shape index (κ2) is 12.0. The van der Waals surface area contributed by atoms with E-state index in [0.29, 0.717) is 6.42 Å². The van der Waals surface area contributed by atoms with E-state index in [1.165, 1.54) is 13.8 Å². The summed E-state index contributed by atoms with van der Waals surface area (Å²) in [6.07, 6.45) is 2.46. The SMILES string of the molecule is C=C(C)C(=O)OCOP(=O)(OCCCCC)OCOC(=O)C(=C)C. The molecular weight excluding hydrogens is 339 g/mol. The highest BCUT2D eigenvalue weighted by molar-refractivity contribution is 7.48. The summed E-state index contributed by atoms with van der Waals surface area (Å²) >= 11 is 0. The number of phosphoric ester groups is 1. The van der Waals surface area contributed by atoms with Crippen LogP contribution in [0.25, 0.3) is 0 Å². The molecule has 24 heavy (non-hydrogen) atoms. The average Bonchev–Trinajstić information content (AvgIpc) is 2.51. The lowest BCUT2D eigenvalue weighted by Crippen LogP contribution is -2.13. The van der Waals surface area contributed by atoms with Gasteiger partial charge in [0.15, 0.2) is 0 Å². The summed E-state index contributed by atoms with van der Waals surface area (Å²) in [5.74, 6) is -1.41. The third-order valence-corrected chi connectivity index (χ3v) is 3.84. The Balaban J connectivity index is 4.49. The molecule has 0 N–H and O–H groups in total. The Labute approximate surface area is 142 Å². The van der Waals surface area contributed by atoms with E-state index >= 15 is 0 Å². The zero-order chi connectivity index (χ0) is 18.6. The van der Waals surface area contributed by atoms with Crippen molar-refractivity contribution >= 4 is 19.8 Å². The monoisotopic (exact) mass is 364 g/mol. The molecule has 0 bridgehead atoms. The molecule has 0 heterocycles. The van der Waals surface area contributed by atoms with Crippen LogP contribution in [0.15, 0.2) is 24.3 Å². The molecule has 0 atom stereocenters. The average molecular weight is 364 g/mol. The highest BCUT2D eigenvalue weighted by Crippen LogP contribution is 2.49. The summed E-state index contributed by atoms with van der Waals surface area (Å²) in [4.78, 5) is 22.5. The summed E-state index contributed by atoms with van der Waals surface area (Å²) in [6, 6.07) is 0. The zero-order valence-electron chi connectivity index (χ0n) is 14.4. The lowest BCUT2D eigenvalue weighted by molar-refractivity contribution is -0.149. The van der Waals surface area contributed by atoms with Crippen molar-refractivity contribution in [1.29, 1.82) is 0 Å². The number of carbonyl (C=O) groups is 2.